The van der Waals surface area contributed by atoms with Crippen LogP contribution in [-0.2, 0) is 17.9 Å². The van der Waals surface area contributed by atoms with Crippen molar-refractivity contribution in [2.24, 2.45) is 5.73 Å². The van der Waals surface area contributed by atoms with Gasteiger partial charge >= 0.3 is 6.03 Å². The minimum atomic E-state index is -0.431. The third kappa shape index (κ3) is 4.21. The van der Waals surface area contributed by atoms with E-state index >= 15 is 0 Å². The van der Waals surface area contributed by atoms with E-state index in [1.54, 1.807) is 4.90 Å². The Balaban J connectivity index is 1.58. The topological polar surface area (TPSA) is 66.6 Å². The molecule has 4 rings (SSSR count). The van der Waals surface area contributed by atoms with E-state index in [9.17, 15) is 9.59 Å². The Kier molecular flexibility index (Phi) is 6.10. The summed E-state index contributed by atoms with van der Waals surface area (Å²) >= 11 is 0. The van der Waals surface area contributed by atoms with Crippen molar-refractivity contribution in [3.05, 3.63) is 83.9 Å². The predicted molar refractivity (Wildman–Crippen MR) is 119 cm³/mol. The second-order valence-electron chi connectivity index (χ2n) is 7.80. The number of rotatable bonds is 8. The summed E-state index contributed by atoms with van der Waals surface area (Å²) in [7, 11) is 0. The minimum Gasteiger partial charge on any atom is -0.330 e. The summed E-state index contributed by atoms with van der Waals surface area (Å²) in [4.78, 5) is 29.5. The zero-order valence-corrected chi connectivity index (χ0v) is 17.0. The molecule has 1 saturated heterocycles. The lowest BCUT2D eigenvalue weighted by Crippen LogP contribution is -2.34. The molecule has 1 aliphatic heterocycles. The van der Waals surface area contributed by atoms with Crippen LogP contribution in [0.25, 0.3) is 10.8 Å². The molecule has 0 unspecified atom stereocenters. The summed E-state index contributed by atoms with van der Waals surface area (Å²) in [6, 6.07) is 23.4. The van der Waals surface area contributed by atoms with Crippen LogP contribution < -0.4 is 5.73 Å². The Labute approximate surface area is 177 Å². The number of carbonyl (C=O) groups excluding carboxylic acids is 2. The van der Waals surface area contributed by atoms with Crippen LogP contribution in [0.5, 0.6) is 0 Å². The van der Waals surface area contributed by atoms with Crippen LogP contribution in [0, 0.1) is 0 Å². The van der Waals surface area contributed by atoms with E-state index in [1.165, 1.54) is 4.90 Å². The maximum atomic E-state index is 13.2. The fraction of sp³-hybridized carbons (Fsp3) is 0.280. The molecule has 0 radical (unpaired) electrons. The molecule has 0 spiro atoms. The maximum absolute atomic E-state index is 13.2. The number of benzene rings is 3. The molecule has 5 heteroatoms. The quantitative estimate of drug-likeness (QED) is 0.452. The summed E-state index contributed by atoms with van der Waals surface area (Å²) in [6.07, 6.45) is 2.31. The molecule has 0 aliphatic carbocycles. The molecule has 3 amide bonds. The van der Waals surface area contributed by atoms with Gasteiger partial charge in [0, 0.05) is 6.54 Å². The van der Waals surface area contributed by atoms with E-state index in [0.717, 1.165) is 34.7 Å². The maximum Gasteiger partial charge on any atom is 0.328 e. The molecule has 30 heavy (non-hydrogen) atoms. The van der Waals surface area contributed by atoms with Gasteiger partial charge in [-0.2, -0.15) is 0 Å². The molecule has 1 aliphatic rings. The number of urea groups is 1. The number of carbonyl (C=O) groups is 2. The van der Waals surface area contributed by atoms with Gasteiger partial charge in [-0.1, -0.05) is 66.7 Å². The Bertz CT molecular complexity index is 1030. The Hall–Kier alpha value is -3.18. The molecule has 1 atom stereocenters. The van der Waals surface area contributed by atoms with Crippen molar-refractivity contribution in [1.29, 1.82) is 0 Å². The van der Waals surface area contributed by atoms with E-state index in [0.29, 0.717) is 26.1 Å². The Morgan fingerprint density at radius 3 is 2.27 bits per heavy atom. The van der Waals surface area contributed by atoms with Gasteiger partial charge in [0.25, 0.3) is 5.91 Å². The van der Waals surface area contributed by atoms with Crippen LogP contribution >= 0.6 is 0 Å². The van der Waals surface area contributed by atoms with E-state index in [4.69, 9.17) is 5.73 Å². The van der Waals surface area contributed by atoms with Crippen LogP contribution in [0.15, 0.2) is 72.8 Å². The van der Waals surface area contributed by atoms with Gasteiger partial charge < -0.3 is 10.6 Å². The zero-order valence-electron chi connectivity index (χ0n) is 17.0. The highest BCUT2D eigenvalue weighted by atomic mass is 16.2. The Morgan fingerprint density at radius 1 is 0.767 bits per heavy atom. The van der Waals surface area contributed by atoms with Crippen LogP contribution in [0.4, 0.5) is 4.79 Å². The van der Waals surface area contributed by atoms with Crippen molar-refractivity contribution < 1.29 is 9.59 Å². The summed E-state index contributed by atoms with van der Waals surface area (Å²) in [6.45, 7) is 1.32. The molecular formula is C25H27N3O2. The molecular weight excluding hydrogens is 374 g/mol. The number of hydrogen-bond acceptors (Lipinski definition) is 3. The number of amides is 3. The van der Waals surface area contributed by atoms with E-state index < -0.39 is 6.04 Å². The van der Waals surface area contributed by atoms with E-state index in [2.05, 4.69) is 24.3 Å². The van der Waals surface area contributed by atoms with Gasteiger partial charge in [0.1, 0.15) is 6.04 Å². The molecule has 3 aromatic rings. The second-order valence-corrected chi connectivity index (χ2v) is 7.80. The highest BCUT2D eigenvalue weighted by Crippen LogP contribution is 2.27. The molecule has 0 saturated carbocycles. The van der Waals surface area contributed by atoms with Gasteiger partial charge in [0.15, 0.2) is 0 Å². The van der Waals surface area contributed by atoms with E-state index in [1.807, 2.05) is 48.5 Å². The third-order valence-electron chi connectivity index (χ3n) is 5.69. The normalized spacial score (nSPS) is 16.6. The largest absolute Gasteiger partial charge is 0.330 e. The SMILES string of the molecule is NCCCC[C@H]1C(=O)N(Cc2ccccc2)C(=O)N1Cc1ccc2ccccc2c1. The molecule has 0 bridgehead atoms. The molecule has 154 valence electrons. The van der Waals surface area contributed by atoms with Crippen molar-refractivity contribution in [1.82, 2.24) is 9.80 Å². The van der Waals surface area contributed by atoms with Gasteiger partial charge in [-0.25, -0.2) is 4.79 Å². The Morgan fingerprint density at radius 2 is 1.50 bits per heavy atom. The third-order valence-corrected chi connectivity index (χ3v) is 5.69. The lowest BCUT2D eigenvalue weighted by atomic mass is 10.0. The zero-order chi connectivity index (χ0) is 20.9. The fourth-order valence-corrected chi connectivity index (χ4v) is 4.08. The van der Waals surface area contributed by atoms with Gasteiger partial charge in [-0.3, -0.25) is 9.69 Å². The predicted octanol–water partition coefficient (Wildman–Crippen LogP) is 4.30. The number of unbranched alkanes of at least 4 members (excludes halogenated alkanes) is 1. The first-order chi connectivity index (χ1) is 14.7. The molecule has 5 nitrogen and oxygen atoms in total. The van der Waals surface area contributed by atoms with Crippen LogP contribution in [0.3, 0.4) is 0 Å². The number of hydrogen-bond donors (Lipinski definition) is 1. The van der Waals surface area contributed by atoms with Crippen molar-refractivity contribution in [2.75, 3.05) is 6.54 Å². The number of fused-ring (bicyclic) bond motifs is 1. The highest BCUT2D eigenvalue weighted by molar-refractivity contribution is 6.04. The van der Waals surface area contributed by atoms with Crippen LogP contribution in [0.2, 0.25) is 0 Å². The van der Waals surface area contributed by atoms with Gasteiger partial charge in [-0.15, -0.1) is 0 Å². The summed E-state index contributed by atoms with van der Waals surface area (Å²) in [5.74, 6) is -0.110. The van der Waals surface area contributed by atoms with Crippen molar-refractivity contribution in [3.8, 4) is 0 Å². The van der Waals surface area contributed by atoms with Crippen molar-refractivity contribution in [2.45, 2.75) is 38.4 Å². The molecule has 3 aromatic carbocycles. The average Bonchev–Trinajstić information content (AvgIpc) is 2.99. The second kappa shape index (κ2) is 9.09. The standard InChI is InChI=1S/C25H27N3O2/c26-15-7-6-12-23-24(29)28(17-19-8-2-1-3-9-19)25(30)27(23)18-20-13-14-21-10-4-5-11-22(21)16-20/h1-5,8-11,13-14,16,23H,6-7,12,15,17-18,26H2/t23-/m0/s1. The first-order valence-corrected chi connectivity index (χ1v) is 10.5. The number of nitrogens with zero attached hydrogens (tertiary/aromatic N) is 2. The number of imide groups is 1. The van der Waals surface area contributed by atoms with Crippen LogP contribution in [-0.4, -0.2) is 34.3 Å². The summed E-state index contributed by atoms with van der Waals surface area (Å²) < 4.78 is 0. The van der Waals surface area contributed by atoms with Gasteiger partial charge in [0.2, 0.25) is 0 Å². The van der Waals surface area contributed by atoms with Crippen LogP contribution in [0.1, 0.15) is 30.4 Å². The van der Waals surface area contributed by atoms with Crippen molar-refractivity contribution in [3.63, 3.8) is 0 Å². The average molecular weight is 402 g/mol. The van der Waals surface area contributed by atoms with Crippen molar-refractivity contribution >= 4 is 22.7 Å². The summed E-state index contributed by atoms with van der Waals surface area (Å²) in [5.41, 5.74) is 7.62. The lowest BCUT2D eigenvalue weighted by molar-refractivity contribution is -0.129. The molecule has 2 N–H and O–H groups in total. The molecule has 1 fully saturated rings. The smallest absolute Gasteiger partial charge is 0.328 e. The monoisotopic (exact) mass is 401 g/mol. The highest BCUT2D eigenvalue weighted by Gasteiger charge is 2.44. The van der Waals surface area contributed by atoms with Gasteiger partial charge in [0.05, 0.1) is 6.54 Å². The fourth-order valence-electron chi connectivity index (χ4n) is 4.08. The first kappa shape index (κ1) is 20.1. The lowest BCUT2D eigenvalue weighted by Gasteiger charge is -2.22. The number of nitrogens with two attached hydrogens (primary N) is 1. The van der Waals surface area contributed by atoms with E-state index in [-0.39, 0.29) is 11.9 Å². The minimum absolute atomic E-state index is 0.110. The van der Waals surface area contributed by atoms with Gasteiger partial charge in [-0.05, 0) is 53.8 Å². The summed E-state index contributed by atoms with van der Waals surface area (Å²) in [5, 5.41) is 2.30. The first-order valence-electron chi connectivity index (χ1n) is 10.5. The molecule has 1 heterocycles. The molecule has 0 aromatic heterocycles.